The molecule has 7 heteroatoms. The number of nitrogens with zero attached hydrogens (tertiary/aromatic N) is 2. The molecule has 0 atom stereocenters. The molecular formula is C22H22N4O3. The smallest absolute Gasteiger partial charge is 0.275 e. The van der Waals surface area contributed by atoms with Crippen LogP contribution in [0.1, 0.15) is 36.8 Å². The molecule has 0 saturated heterocycles. The molecule has 7 nitrogen and oxygen atoms in total. The van der Waals surface area contributed by atoms with Gasteiger partial charge in [0.15, 0.2) is 11.5 Å². The van der Waals surface area contributed by atoms with Crippen LogP contribution in [-0.4, -0.2) is 22.7 Å². The zero-order valence-corrected chi connectivity index (χ0v) is 16.5. The molecule has 29 heavy (non-hydrogen) atoms. The number of hydrogen-bond donors (Lipinski definition) is 2. The van der Waals surface area contributed by atoms with Gasteiger partial charge in [-0.05, 0) is 35.2 Å². The Labute approximate surface area is 169 Å². The Kier molecular flexibility index (Phi) is 4.80. The van der Waals surface area contributed by atoms with Crippen LogP contribution in [0.4, 0.5) is 17.2 Å². The predicted molar refractivity (Wildman–Crippen MR) is 111 cm³/mol. The highest BCUT2D eigenvalue weighted by Gasteiger charge is 2.16. The summed E-state index contributed by atoms with van der Waals surface area (Å²) < 4.78 is 10.6. The fourth-order valence-corrected chi connectivity index (χ4v) is 2.88. The Balaban J connectivity index is 1.40. The summed E-state index contributed by atoms with van der Waals surface area (Å²) >= 11 is 0. The number of nitrogens with one attached hydrogen (secondary N) is 2. The van der Waals surface area contributed by atoms with Gasteiger partial charge in [0.25, 0.3) is 5.91 Å². The van der Waals surface area contributed by atoms with Gasteiger partial charge < -0.3 is 20.1 Å². The molecule has 0 bridgehead atoms. The number of carbonyl (C=O) groups is 1. The number of fused-ring (bicyclic) bond motifs is 1. The molecule has 3 aromatic rings. The highest BCUT2D eigenvalue weighted by atomic mass is 16.7. The zero-order valence-electron chi connectivity index (χ0n) is 16.5. The number of anilines is 3. The van der Waals surface area contributed by atoms with Crippen LogP contribution in [0, 0.1) is 0 Å². The van der Waals surface area contributed by atoms with Gasteiger partial charge >= 0.3 is 0 Å². The Morgan fingerprint density at radius 3 is 2.34 bits per heavy atom. The maximum absolute atomic E-state index is 12.4. The van der Waals surface area contributed by atoms with Gasteiger partial charge in [0.1, 0.15) is 11.5 Å². The van der Waals surface area contributed by atoms with E-state index in [0.717, 1.165) is 5.69 Å². The first-order valence-corrected chi connectivity index (χ1v) is 9.29. The van der Waals surface area contributed by atoms with E-state index in [-0.39, 0.29) is 23.8 Å². The molecule has 1 aliphatic rings. The number of carbonyl (C=O) groups excluding carboxylic acids is 1. The SMILES string of the molecule is CC(C)(C)c1ccc(Nc2cnc(C(=O)Nc3ccc4c(c3)OCO4)cn2)cc1. The second kappa shape index (κ2) is 7.43. The van der Waals surface area contributed by atoms with Gasteiger partial charge in [-0.2, -0.15) is 0 Å². The van der Waals surface area contributed by atoms with E-state index in [1.165, 1.54) is 18.0 Å². The number of hydrogen-bond acceptors (Lipinski definition) is 6. The quantitative estimate of drug-likeness (QED) is 0.682. The molecule has 0 fully saturated rings. The van der Waals surface area contributed by atoms with Crippen molar-refractivity contribution in [1.29, 1.82) is 0 Å². The first kappa shape index (κ1) is 18.7. The van der Waals surface area contributed by atoms with Gasteiger partial charge in [-0.3, -0.25) is 4.79 Å². The van der Waals surface area contributed by atoms with Crippen molar-refractivity contribution in [3.63, 3.8) is 0 Å². The fourth-order valence-electron chi connectivity index (χ4n) is 2.88. The number of amides is 1. The minimum Gasteiger partial charge on any atom is -0.454 e. The first-order valence-electron chi connectivity index (χ1n) is 9.29. The van der Waals surface area contributed by atoms with Crippen molar-refractivity contribution in [3.05, 3.63) is 66.1 Å². The van der Waals surface area contributed by atoms with Crippen LogP contribution in [0.15, 0.2) is 54.9 Å². The molecule has 1 aliphatic heterocycles. The van der Waals surface area contributed by atoms with Crippen molar-refractivity contribution in [2.24, 2.45) is 0 Å². The lowest BCUT2D eigenvalue weighted by molar-refractivity contribution is 0.102. The maximum atomic E-state index is 12.4. The highest BCUT2D eigenvalue weighted by molar-refractivity contribution is 6.02. The van der Waals surface area contributed by atoms with Crippen LogP contribution >= 0.6 is 0 Å². The molecule has 0 spiro atoms. The summed E-state index contributed by atoms with van der Waals surface area (Å²) in [7, 11) is 0. The molecule has 1 aromatic heterocycles. The largest absolute Gasteiger partial charge is 0.454 e. The normalized spacial score (nSPS) is 12.5. The monoisotopic (exact) mass is 390 g/mol. The van der Waals surface area contributed by atoms with Crippen molar-refractivity contribution in [3.8, 4) is 11.5 Å². The lowest BCUT2D eigenvalue weighted by atomic mass is 9.87. The van der Waals surface area contributed by atoms with Gasteiger partial charge in [-0.1, -0.05) is 32.9 Å². The van der Waals surface area contributed by atoms with Crippen LogP contribution in [0.25, 0.3) is 0 Å². The number of benzene rings is 2. The van der Waals surface area contributed by atoms with Gasteiger partial charge in [0.05, 0.1) is 12.4 Å². The maximum Gasteiger partial charge on any atom is 0.275 e. The Morgan fingerprint density at radius 1 is 0.931 bits per heavy atom. The Hall–Kier alpha value is -3.61. The summed E-state index contributed by atoms with van der Waals surface area (Å²) in [6.07, 6.45) is 2.97. The summed E-state index contributed by atoms with van der Waals surface area (Å²) in [6.45, 7) is 6.71. The molecule has 0 unspecified atom stereocenters. The second-order valence-corrected chi connectivity index (χ2v) is 7.76. The number of aromatic nitrogens is 2. The van der Waals surface area contributed by atoms with Crippen molar-refractivity contribution in [1.82, 2.24) is 9.97 Å². The van der Waals surface area contributed by atoms with Crippen LogP contribution < -0.4 is 20.1 Å². The molecule has 1 amide bonds. The van der Waals surface area contributed by atoms with E-state index in [9.17, 15) is 4.79 Å². The van der Waals surface area contributed by atoms with E-state index in [1.807, 2.05) is 12.1 Å². The Bertz CT molecular complexity index is 1030. The third-order valence-corrected chi connectivity index (χ3v) is 4.54. The Morgan fingerprint density at radius 2 is 1.66 bits per heavy atom. The molecule has 0 radical (unpaired) electrons. The molecular weight excluding hydrogens is 368 g/mol. The van der Waals surface area contributed by atoms with Crippen molar-refractivity contribution >= 4 is 23.1 Å². The lowest BCUT2D eigenvalue weighted by Crippen LogP contribution is -2.14. The average molecular weight is 390 g/mol. The van der Waals surface area contributed by atoms with E-state index in [1.54, 1.807) is 18.2 Å². The number of rotatable bonds is 4. The summed E-state index contributed by atoms with van der Waals surface area (Å²) in [5.74, 6) is 1.48. The van der Waals surface area contributed by atoms with Gasteiger partial charge in [-0.15, -0.1) is 0 Å². The standard InChI is InChI=1S/C22H22N4O3/c1-22(2,3)14-4-6-15(7-5-14)25-20-12-23-17(11-24-20)21(27)26-16-8-9-18-19(10-16)29-13-28-18/h4-12H,13H2,1-3H3,(H,24,25)(H,26,27). The van der Waals surface area contributed by atoms with Gasteiger partial charge in [0.2, 0.25) is 6.79 Å². The van der Waals surface area contributed by atoms with Gasteiger partial charge in [0, 0.05) is 17.4 Å². The van der Waals surface area contributed by atoms with Crippen LogP contribution in [0.3, 0.4) is 0 Å². The zero-order chi connectivity index (χ0) is 20.4. The van der Waals surface area contributed by atoms with Crippen molar-refractivity contribution < 1.29 is 14.3 Å². The summed E-state index contributed by atoms with van der Waals surface area (Å²) in [6, 6.07) is 13.4. The minimum atomic E-state index is -0.350. The topological polar surface area (TPSA) is 85.4 Å². The van der Waals surface area contributed by atoms with Crippen molar-refractivity contribution in [2.45, 2.75) is 26.2 Å². The highest BCUT2D eigenvalue weighted by Crippen LogP contribution is 2.34. The van der Waals surface area contributed by atoms with Crippen LogP contribution in [0.2, 0.25) is 0 Å². The van der Waals surface area contributed by atoms with Crippen LogP contribution in [0.5, 0.6) is 11.5 Å². The molecule has 2 aromatic carbocycles. The summed E-state index contributed by atoms with van der Waals surface area (Å²) in [4.78, 5) is 20.9. The third kappa shape index (κ3) is 4.29. The van der Waals surface area contributed by atoms with Crippen LogP contribution in [-0.2, 0) is 5.41 Å². The van der Waals surface area contributed by atoms with E-state index in [0.29, 0.717) is 23.0 Å². The van der Waals surface area contributed by atoms with E-state index < -0.39 is 0 Å². The van der Waals surface area contributed by atoms with Crippen molar-refractivity contribution in [2.75, 3.05) is 17.4 Å². The molecule has 0 saturated carbocycles. The summed E-state index contributed by atoms with van der Waals surface area (Å²) in [5, 5.41) is 5.97. The third-order valence-electron chi connectivity index (χ3n) is 4.54. The molecule has 2 N–H and O–H groups in total. The predicted octanol–water partition coefficient (Wildman–Crippen LogP) is 4.50. The fraction of sp³-hybridized carbons (Fsp3) is 0.227. The minimum absolute atomic E-state index is 0.103. The molecule has 2 heterocycles. The van der Waals surface area contributed by atoms with Gasteiger partial charge in [-0.25, -0.2) is 9.97 Å². The van der Waals surface area contributed by atoms with E-state index in [2.05, 4.69) is 53.5 Å². The van der Waals surface area contributed by atoms with E-state index >= 15 is 0 Å². The summed E-state index contributed by atoms with van der Waals surface area (Å²) in [5.41, 5.74) is 3.08. The molecule has 148 valence electrons. The lowest BCUT2D eigenvalue weighted by Gasteiger charge is -2.19. The first-order chi connectivity index (χ1) is 13.9. The molecule has 4 rings (SSSR count). The number of ether oxygens (including phenoxy) is 2. The average Bonchev–Trinajstić information content (AvgIpc) is 3.16. The molecule has 0 aliphatic carbocycles. The van der Waals surface area contributed by atoms with E-state index in [4.69, 9.17) is 9.47 Å². The second-order valence-electron chi connectivity index (χ2n) is 7.76.